The first-order valence-corrected chi connectivity index (χ1v) is 12.0. The predicted octanol–water partition coefficient (Wildman–Crippen LogP) is 3.89. The molecule has 2 atom stereocenters. The molecular weight excluding hydrogens is 459 g/mol. The van der Waals surface area contributed by atoms with Crippen LogP contribution in [0.3, 0.4) is 0 Å². The third kappa shape index (κ3) is 8.37. The van der Waals surface area contributed by atoms with E-state index in [1.807, 2.05) is 44.2 Å². The smallest absolute Gasteiger partial charge is 0.272 e. The van der Waals surface area contributed by atoms with Crippen molar-refractivity contribution in [1.29, 1.82) is 0 Å². The summed E-state index contributed by atoms with van der Waals surface area (Å²) in [4.78, 5) is 47.2. The molecular formula is C28H31FN4O3. The van der Waals surface area contributed by atoms with Gasteiger partial charge in [0, 0.05) is 31.3 Å². The maximum Gasteiger partial charge on any atom is 0.272 e. The lowest BCUT2D eigenvalue weighted by Gasteiger charge is -2.22. The van der Waals surface area contributed by atoms with Crippen LogP contribution >= 0.6 is 0 Å². The molecule has 3 rings (SSSR count). The van der Waals surface area contributed by atoms with Crippen LogP contribution in [0.5, 0.6) is 0 Å². The van der Waals surface area contributed by atoms with Gasteiger partial charge in [0.2, 0.25) is 5.91 Å². The van der Waals surface area contributed by atoms with E-state index in [0.717, 1.165) is 11.1 Å². The standard InChI is InChI=1S/C28H31FN4O3/c1-19(2)14-22(27(35)32-17-21-8-10-23(29)11-9-21)16-26(34)24(15-20-6-4-3-5-7-20)33-28(36)25-18-30-12-13-31-25/h3-13,18-19,22,24H,14-17H2,1-2H3,(H,32,35)(H,33,36)/t22-,24+/m1/s1. The van der Waals surface area contributed by atoms with Crippen LogP contribution in [0.2, 0.25) is 0 Å². The molecule has 3 aromatic rings. The Hall–Kier alpha value is -3.94. The van der Waals surface area contributed by atoms with Gasteiger partial charge in [-0.1, -0.05) is 56.3 Å². The van der Waals surface area contributed by atoms with E-state index in [2.05, 4.69) is 20.6 Å². The lowest BCUT2D eigenvalue weighted by molar-refractivity contribution is -0.130. The molecule has 36 heavy (non-hydrogen) atoms. The normalized spacial score (nSPS) is 12.6. The van der Waals surface area contributed by atoms with Gasteiger partial charge in [-0.05, 0) is 42.0 Å². The molecule has 0 aliphatic heterocycles. The van der Waals surface area contributed by atoms with E-state index in [0.29, 0.717) is 6.42 Å². The van der Waals surface area contributed by atoms with Crippen LogP contribution in [-0.2, 0) is 22.6 Å². The van der Waals surface area contributed by atoms with Gasteiger partial charge in [0.1, 0.15) is 11.5 Å². The summed E-state index contributed by atoms with van der Waals surface area (Å²) in [5.74, 6) is -1.72. The van der Waals surface area contributed by atoms with Crippen LogP contribution in [0.1, 0.15) is 48.3 Å². The molecule has 2 amide bonds. The summed E-state index contributed by atoms with van der Waals surface area (Å²) in [5, 5.41) is 5.65. The highest BCUT2D eigenvalue weighted by Gasteiger charge is 2.29. The van der Waals surface area contributed by atoms with Crippen LogP contribution in [0, 0.1) is 17.7 Å². The molecule has 2 N–H and O–H groups in total. The number of nitrogens with one attached hydrogen (secondary N) is 2. The van der Waals surface area contributed by atoms with Gasteiger partial charge in [0.05, 0.1) is 12.2 Å². The van der Waals surface area contributed by atoms with Crippen LogP contribution in [0.25, 0.3) is 0 Å². The van der Waals surface area contributed by atoms with Crippen molar-refractivity contribution in [2.75, 3.05) is 0 Å². The maximum absolute atomic E-state index is 13.5. The Kier molecular flexibility index (Phi) is 9.80. The number of Topliss-reactive ketones (excluding diaryl/α,β-unsaturated/α-hetero) is 1. The molecule has 0 fully saturated rings. The molecule has 8 heteroatoms. The first-order chi connectivity index (χ1) is 17.3. The molecule has 0 unspecified atom stereocenters. The fraction of sp³-hybridized carbons (Fsp3) is 0.321. The number of aromatic nitrogens is 2. The Morgan fingerprint density at radius 3 is 2.31 bits per heavy atom. The molecule has 0 aliphatic carbocycles. The lowest BCUT2D eigenvalue weighted by Crippen LogP contribution is -2.44. The number of hydrogen-bond donors (Lipinski definition) is 2. The van der Waals surface area contributed by atoms with Gasteiger partial charge in [0.15, 0.2) is 5.78 Å². The number of carbonyl (C=O) groups excluding carboxylic acids is 3. The fourth-order valence-electron chi connectivity index (χ4n) is 3.92. The Bertz CT molecular complexity index is 1140. The lowest BCUT2D eigenvalue weighted by atomic mass is 9.88. The molecule has 2 aromatic carbocycles. The second-order valence-electron chi connectivity index (χ2n) is 9.15. The van der Waals surface area contributed by atoms with Crippen LogP contribution in [-0.4, -0.2) is 33.6 Å². The number of ketones is 1. The Labute approximate surface area is 210 Å². The minimum absolute atomic E-state index is 0.0221. The zero-order valence-corrected chi connectivity index (χ0v) is 20.5. The van der Waals surface area contributed by atoms with E-state index >= 15 is 0 Å². The van der Waals surface area contributed by atoms with E-state index < -0.39 is 17.9 Å². The van der Waals surface area contributed by atoms with E-state index in [-0.39, 0.29) is 48.5 Å². The average Bonchev–Trinajstić information content (AvgIpc) is 2.88. The zero-order valence-electron chi connectivity index (χ0n) is 20.5. The minimum Gasteiger partial charge on any atom is -0.352 e. The highest BCUT2D eigenvalue weighted by molar-refractivity contribution is 5.97. The molecule has 0 radical (unpaired) electrons. The van der Waals surface area contributed by atoms with Crippen molar-refractivity contribution in [2.45, 2.75) is 45.7 Å². The predicted molar refractivity (Wildman–Crippen MR) is 134 cm³/mol. The maximum atomic E-state index is 13.5. The second kappa shape index (κ2) is 13.2. The van der Waals surface area contributed by atoms with E-state index in [9.17, 15) is 18.8 Å². The molecule has 188 valence electrons. The second-order valence-corrected chi connectivity index (χ2v) is 9.15. The van der Waals surface area contributed by atoms with Gasteiger partial charge in [-0.3, -0.25) is 19.4 Å². The highest BCUT2D eigenvalue weighted by Crippen LogP contribution is 2.19. The Morgan fingerprint density at radius 1 is 0.944 bits per heavy atom. The van der Waals surface area contributed by atoms with E-state index in [1.165, 1.54) is 30.7 Å². The molecule has 0 saturated heterocycles. The SMILES string of the molecule is CC(C)C[C@H](CC(=O)[C@H](Cc1ccccc1)NC(=O)c1cnccn1)C(=O)NCc1ccc(F)cc1. The van der Waals surface area contributed by atoms with E-state index in [1.54, 1.807) is 12.1 Å². The first kappa shape index (κ1) is 26.7. The van der Waals surface area contributed by atoms with Crippen LogP contribution in [0.4, 0.5) is 4.39 Å². The molecule has 0 saturated carbocycles. The quantitative estimate of drug-likeness (QED) is 0.401. The molecule has 0 bridgehead atoms. The minimum atomic E-state index is -0.832. The summed E-state index contributed by atoms with van der Waals surface area (Å²) < 4.78 is 13.2. The topological polar surface area (TPSA) is 101 Å². The van der Waals surface area contributed by atoms with Gasteiger partial charge in [-0.25, -0.2) is 9.37 Å². The molecule has 0 aliphatic rings. The van der Waals surface area contributed by atoms with Gasteiger partial charge in [-0.2, -0.15) is 0 Å². The number of carbonyl (C=O) groups is 3. The molecule has 1 heterocycles. The number of amides is 2. The van der Waals surface area contributed by atoms with Crippen molar-refractivity contribution in [3.05, 3.63) is 95.8 Å². The molecule has 7 nitrogen and oxygen atoms in total. The van der Waals surface area contributed by atoms with Crippen molar-refractivity contribution >= 4 is 17.6 Å². The summed E-state index contributed by atoms with van der Waals surface area (Å²) in [6.07, 6.45) is 4.99. The van der Waals surface area contributed by atoms with Crippen LogP contribution in [0.15, 0.2) is 73.2 Å². The third-order valence-electron chi connectivity index (χ3n) is 5.73. The number of benzene rings is 2. The number of nitrogens with zero attached hydrogens (tertiary/aromatic N) is 2. The highest BCUT2D eigenvalue weighted by atomic mass is 19.1. The van der Waals surface area contributed by atoms with Crippen molar-refractivity contribution < 1.29 is 18.8 Å². The van der Waals surface area contributed by atoms with Gasteiger partial charge in [0.25, 0.3) is 5.91 Å². The number of halogens is 1. The van der Waals surface area contributed by atoms with Crippen molar-refractivity contribution in [2.24, 2.45) is 11.8 Å². The number of rotatable bonds is 12. The van der Waals surface area contributed by atoms with Crippen LogP contribution < -0.4 is 10.6 Å². The van der Waals surface area contributed by atoms with Gasteiger partial charge in [-0.15, -0.1) is 0 Å². The number of hydrogen-bond acceptors (Lipinski definition) is 5. The Balaban J connectivity index is 1.72. The summed E-state index contributed by atoms with van der Waals surface area (Å²) in [5.41, 5.74) is 1.76. The molecule has 1 aromatic heterocycles. The Morgan fingerprint density at radius 2 is 1.67 bits per heavy atom. The van der Waals surface area contributed by atoms with E-state index in [4.69, 9.17) is 0 Å². The molecule has 0 spiro atoms. The largest absolute Gasteiger partial charge is 0.352 e. The monoisotopic (exact) mass is 490 g/mol. The summed E-state index contributed by atoms with van der Waals surface area (Å²) in [6, 6.07) is 14.4. The summed E-state index contributed by atoms with van der Waals surface area (Å²) in [7, 11) is 0. The summed E-state index contributed by atoms with van der Waals surface area (Å²) >= 11 is 0. The zero-order chi connectivity index (χ0) is 25.9. The van der Waals surface area contributed by atoms with Gasteiger partial charge < -0.3 is 10.6 Å². The van der Waals surface area contributed by atoms with Gasteiger partial charge >= 0.3 is 0 Å². The van der Waals surface area contributed by atoms with Crippen molar-refractivity contribution in [3.8, 4) is 0 Å². The third-order valence-corrected chi connectivity index (χ3v) is 5.73. The first-order valence-electron chi connectivity index (χ1n) is 12.0. The van der Waals surface area contributed by atoms with Crippen molar-refractivity contribution in [3.63, 3.8) is 0 Å². The average molecular weight is 491 g/mol. The summed E-state index contributed by atoms with van der Waals surface area (Å²) in [6.45, 7) is 4.21. The fourth-order valence-corrected chi connectivity index (χ4v) is 3.92. The van der Waals surface area contributed by atoms with Crippen molar-refractivity contribution in [1.82, 2.24) is 20.6 Å².